The van der Waals surface area contributed by atoms with Gasteiger partial charge in [-0.25, -0.2) is 0 Å². The van der Waals surface area contributed by atoms with E-state index in [2.05, 4.69) is 6.58 Å². The normalized spacial score (nSPS) is 13.3. The highest BCUT2D eigenvalue weighted by Gasteiger charge is 1.88. The van der Waals surface area contributed by atoms with Crippen LogP contribution in [0.2, 0.25) is 0 Å². The van der Waals surface area contributed by atoms with Gasteiger partial charge in [-0.2, -0.15) is 0 Å². The van der Waals surface area contributed by atoms with E-state index in [-0.39, 0.29) is 5.97 Å². The summed E-state index contributed by atoms with van der Waals surface area (Å²) in [5, 5.41) is 0. The minimum atomic E-state index is -0.260. The quantitative estimate of drug-likeness (QED) is 0.520. The first-order valence-corrected chi connectivity index (χ1v) is 5.90. The van der Waals surface area contributed by atoms with Crippen LogP contribution in [0, 0.1) is 0 Å². The number of carbonyl (C=O) groups excluding carboxylic acids is 1. The van der Waals surface area contributed by atoms with Crippen LogP contribution in [-0.4, -0.2) is 12.6 Å². The van der Waals surface area contributed by atoms with Crippen molar-refractivity contribution in [1.82, 2.24) is 0 Å². The Morgan fingerprint density at radius 2 is 1.72 bits per heavy atom. The average Bonchev–Trinajstić information content (AvgIpc) is 2.25. The maximum absolute atomic E-state index is 10.6. The molecular formula is C16H22O2. The second kappa shape index (κ2) is 9.23. The predicted octanol–water partition coefficient (Wildman–Crippen LogP) is 4.13. The number of hydrogen-bond donors (Lipinski definition) is 0. The highest BCUT2D eigenvalue weighted by molar-refractivity contribution is 5.66. The first-order valence-electron chi connectivity index (χ1n) is 5.90. The van der Waals surface area contributed by atoms with Crippen molar-refractivity contribution >= 4 is 5.97 Å². The van der Waals surface area contributed by atoms with E-state index in [1.165, 1.54) is 6.92 Å². The highest BCUT2D eigenvalue weighted by atomic mass is 16.5. The SMILES string of the molecule is C=C(C)/C=C/C(C)=C/C=C/C(C)=C/COC(C)=O. The van der Waals surface area contributed by atoms with E-state index in [4.69, 9.17) is 4.74 Å². The van der Waals surface area contributed by atoms with Gasteiger partial charge < -0.3 is 4.74 Å². The summed E-state index contributed by atoms with van der Waals surface area (Å²) in [6.45, 7) is 11.5. The van der Waals surface area contributed by atoms with Crippen LogP contribution in [0.1, 0.15) is 27.7 Å². The molecule has 0 spiro atoms. The van der Waals surface area contributed by atoms with Gasteiger partial charge in [0.1, 0.15) is 6.61 Å². The molecule has 0 radical (unpaired) electrons. The molecule has 0 amide bonds. The molecule has 0 bridgehead atoms. The smallest absolute Gasteiger partial charge is 0.302 e. The summed E-state index contributed by atoms with van der Waals surface area (Å²) in [6.07, 6.45) is 11.8. The third kappa shape index (κ3) is 10.7. The Morgan fingerprint density at radius 3 is 2.28 bits per heavy atom. The van der Waals surface area contributed by atoms with E-state index in [1.807, 2.05) is 57.2 Å². The molecule has 0 saturated heterocycles. The van der Waals surface area contributed by atoms with Gasteiger partial charge in [0.25, 0.3) is 0 Å². The second-order valence-corrected chi connectivity index (χ2v) is 4.20. The molecule has 0 rings (SSSR count). The summed E-state index contributed by atoms with van der Waals surface area (Å²) in [7, 11) is 0. The molecule has 0 saturated carbocycles. The molecule has 0 heterocycles. The lowest BCUT2D eigenvalue weighted by atomic mass is 10.2. The Morgan fingerprint density at radius 1 is 1.06 bits per heavy atom. The summed E-state index contributed by atoms with van der Waals surface area (Å²) in [4.78, 5) is 10.6. The Bertz CT molecular complexity index is 407. The molecule has 0 aliphatic rings. The zero-order valence-electron chi connectivity index (χ0n) is 11.7. The van der Waals surface area contributed by atoms with E-state index in [0.717, 1.165) is 16.7 Å². The third-order valence-corrected chi connectivity index (χ3v) is 2.04. The Balaban J connectivity index is 4.25. The zero-order valence-corrected chi connectivity index (χ0v) is 11.7. The largest absolute Gasteiger partial charge is 0.462 e. The van der Waals surface area contributed by atoms with Crippen molar-refractivity contribution in [1.29, 1.82) is 0 Å². The molecule has 98 valence electrons. The number of rotatable bonds is 6. The van der Waals surface area contributed by atoms with Gasteiger partial charge >= 0.3 is 5.97 Å². The summed E-state index contributed by atoms with van der Waals surface area (Å²) in [5.41, 5.74) is 3.25. The lowest BCUT2D eigenvalue weighted by Crippen LogP contribution is -1.97. The molecular weight excluding hydrogens is 224 g/mol. The molecule has 0 aromatic heterocycles. The predicted molar refractivity (Wildman–Crippen MR) is 77.2 cm³/mol. The number of esters is 1. The average molecular weight is 246 g/mol. The van der Waals surface area contributed by atoms with Crippen LogP contribution in [0.5, 0.6) is 0 Å². The van der Waals surface area contributed by atoms with Gasteiger partial charge in [-0.3, -0.25) is 4.79 Å². The van der Waals surface area contributed by atoms with Gasteiger partial charge in [0.15, 0.2) is 0 Å². The molecule has 18 heavy (non-hydrogen) atoms. The Hall–Kier alpha value is -1.83. The molecule has 2 nitrogen and oxygen atoms in total. The molecule has 0 N–H and O–H groups in total. The van der Waals surface area contributed by atoms with Gasteiger partial charge in [-0.15, -0.1) is 0 Å². The molecule has 0 atom stereocenters. The fourth-order valence-electron chi connectivity index (χ4n) is 1.04. The molecule has 0 unspecified atom stereocenters. The van der Waals surface area contributed by atoms with Crippen molar-refractivity contribution in [3.8, 4) is 0 Å². The summed E-state index contributed by atoms with van der Waals surface area (Å²) in [5.74, 6) is -0.260. The second-order valence-electron chi connectivity index (χ2n) is 4.20. The van der Waals surface area contributed by atoms with Gasteiger partial charge in [0.2, 0.25) is 0 Å². The highest BCUT2D eigenvalue weighted by Crippen LogP contribution is 2.01. The van der Waals surface area contributed by atoms with Crippen LogP contribution in [0.3, 0.4) is 0 Å². The Labute approximate surface area is 110 Å². The van der Waals surface area contributed by atoms with E-state index >= 15 is 0 Å². The molecule has 0 aliphatic heterocycles. The van der Waals surface area contributed by atoms with Crippen molar-refractivity contribution in [2.75, 3.05) is 6.61 Å². The van der Waals surface area contributed by atoms with Crippen LogP contribution >= 0.6 is 0 Å². The summed E-state index contributed by atoms with van der Waals surface area (Å²) in [6, 6.07) is 0. The monoisotopic (exact) mass is 246 g/mol. The lowest BCUT2D eigenvalue weighted by Gasteiger charge is -1.96. The van der Waals surface area contributed by atoms with Crippen LogP contribution in [0.25, 0.3) is 0 Å². The van der Waals surface area contributed by atoms with Crippen molar-refractivity contribution in [2.45, 2.75) is 27.7 Å². The lowest BCUT2D eigenvalue weighted by molar-refractivity contribution is -0.139. The number of ether oxygens (including phenoxy) is 1. The van der Waals surface area contributed by atoms with Crippen LogP contribution in [0.4, 0.5) is 0 Å². The maximum atomic E-state index is 10.6. The summed E-state index contributed by atoms with van der Waals surface area (Å²) >= 11 is 0. The topological polar surface area (TPSA) is 26.3 Å². The fraction of sp³-hybridized carbons (Fsp3) is 0.312. The first-order chi connectivity index (χ1) is 8.41. The standard InChI is InChI=1S/C16H22O2/c1-13(2)9-10-14(3)7-6-8-15(4)11-12-18-16(5)17/h6-11H,1,12H2,2-5H3/b8-6+,10-9+,14-7+,15-11+. The molecule has 2 heteroatoms. The zero-order chi connectivity index (χ0) is 14.0. The fourth-order valence-corrected chi connectivity index (χ4v) is 1.04. The molecule has 0 fully saturated rings. The van der Waals surface area contributed by atoms with E-state index in [9.17, 15) is 4.79 Å². The van der Waals surface area contributed by atoms with Crippen molar-refractivity contribution < 1.29 is 9.53 Å². The molecule has 0 aliphatic carbocycles. The van der Waals surface area contributed by atoms with Crippen molar-refractivity contribution in [2.24, 2.45) is 0 Å². The minimum Gasteiger partial charge on any atom is -0.462 e. The summed E-state index contributed by atoms with van der Waals surface area (Å²) < 4.78 is 4.82. The van der Waals surface area contributed by atoms with Crippen LogP contribution < -0.4 is 0 Å². The van der Waals surface area contributed by atoms with Gasteiger partial charge in [0.05, 0.1) is 0 Å². The van der Waals surface area contributed by atoms with E-state index < -0.39 is 0 Å². The van der Waals surface area contributed by atoms with E-state index in [0.29, 0.717) is 6.61 Å². The van der Waals surface area contributed by atoms with Gasteiger partial charge in [-0.1, -0.05) is 53.7 Å². The number of hydrogen-bond acceptors (Lipinski definition) is 2. The van der Waals surface area contributed by atoms with Crippen LogP contribution in [0.15, 0.2) is 59.8 Å². The van der Waals surface area contributed by atoms with Crippen molar-refractivity contribution in [3.05, 3.63) is 59.8 Å². The van der Waals surface area contributed by atoms with Crippen molar-refractivity contribution in [3.63, 3.8) is 0 Å². The third-order valence-electron chi connectivity index (χ3n) is 2.04. The van der Waals surface area contributed by atoms with E-state index in [1.54, 1.807) is 0 Å². The van der Waals surface area contributed by atoms with Gasteiger partial charge in [-0.05, 0) is 26.8 Å². The number of carbonyl (C=O) groups is 1. The first kappa shape index (κ1) is 16.2. The molecule has 0 aromatic carbocycles. The molecule has 0 aromatic rings. The Kier molecular flexibility index (Phi) is 8.29. The maximum Gasteiger partial charge on any atom is 0.302 e. The van der Waals surface area contributed by atoms with Crippen LogP contribution in [-0.2, 0) is 9.53 Å². The number of allylic oxidation sites excluding steroid dienone is 8. The van der Waals surface area contributed by atoms with Gasteiger partial charge in [0, 0.05) is 6.92 Å². The minimum absolute atomic E-state index is 0.260.